The third kappa shape index (κ3) is 2.96. The van der Waals surface area contributed by atoms with Crippen molar-refractivity contribution in [3.63, 3.8) is 0 Å². The number of likely N-dealkylation sites (tertiary alicyclic amines) is 1. The number of hydrogen-bond acceptors (Lipinski definition) is 4. The predicted molar refractivity (Wildman–Crippen MR) is 79.9 cm³/mol. The summed E-state index contributed by atoms with van der Waals surface area (Å²) in [6, 6.07) is 6.33. The van der Waals surface area contributed by atoms with Gasteiger partial charge < -0.3 is 10.2 Å². The highest BCUT2D eigenvalue weighted by atomic mass is 32.2. The molecule has 5 nitrogen and oxygen atoms in total. The molecule has 2 aliphatic rings. The summed E-state index contributed by atoms with van der Waals surface area (Å²) in [5, 5.41) is 3.38. The number of fused-ring (bicyclic) bond motifs is 1. The molecular formula is C15H20N2O3S. The average Bonchev–Trinajstić information content (AvgIpc) is 2.93. The molecule has 2 fully saturated rings. The van der Waals surface area contributed by atoms with Gasteiger partial charge in [0.05, 0.1) is 4.90 Å². The van der Waals surface area contributed by atoms with Crippen molar-refractivity contribution in [1.29, 1.82) is 0 Å². The van der Waals surface area contributed by atoms with E-state index in [-0.39, 0.29) is 10.8 Å². The summed E-state index contributed by atoms with van der Waals surface area (Å²) in [6.07, 6.45) is 2.18. The average molecular weight is 308 g/mol. The van der Waals surface area contributed by atoms with Crippen LogP contribution in [0.3, 0.4) is 0 Å². The molecule has 0 saturated carbocycles. The first-order chi connectivity index (χ1) is 9.95. The van der Waals surface area contributed by atoms with Gasteiger partial charge in [-0.25, -0.2) is 8.42 Å². The number of sulfone groups is 1. The van der Waals surface area contributed by atoms with E-state index in [9.17, 15) is 13.2 Å². The molecule has 1 amide bonds. The zero-order chi connectivity index (χ0) is 15.0. The molecule has 2 atom stereocenters. The first kappa shape index (κ1) is 14.5. The van der Waals surface area contributed by atoms with E-state index >= 15 is 0 Å². The van der Waals surface area contributed by atoms with Gasteiger partial charge in [-0.05, 0) is 49.5 Å². The monoisotopic (exact) mass is 308 g/mol. The number of rotatable bonds is 2. The van der Waals surface area contributed by atoms with Crippen molar-refractivity contribution in [2.45, 2.75) is 11.3 Å². The predicted octanol–water partition coefficient (Wildman–Crippen LogP) is 0.772. The number of nitrogens with zero attached hydrogens (tertiary/aromatic N) is 1. The van der Waals surface area contributed by atoms with Crippen LogP contribution in [0.2, 0.25) is 0 Å². The topological polar surface area (TPSA) is 66.5 Å². The van der Waals surface area contributed by atoms with Crippen molar-refractivity contribution < 1.29 is 13.2 Å². The van der Waals surface area contributed by atoms with E-state index in [4.69, 9.17) is 0 Å². The fraction of sp³-hybridized carbons (Fsp3) is 0.533. The molecule has 2 heterocycles. The maximum absolute atomic E-state index is 12.6. The second-order valence-electron chi connectivity index (χ2n) is 6.02. The highest BCUT2D eigenvalue weighted by Crippen LogP contribution is 2.27. The van der Waals surface area contributed by atoms with Gasteiger partial charge in [0, 0.05) is 24.9 Å². The number of carbonyl (C=O) groups is 1. The van der Waals surface area contributed by atoms with Gasteiger partial charge in [0.1, 0.15) is 0 Å². The molecule has 2 aliphatic heterocycles. The third-order valence-electron chi connectivity index (χ3n) is 4.50. The van der Waals surface area contributed by atoms with Gasteiger partial charge in [0.25, 0.3) is 5.91 Å². The Hall–Kier alpha value is -1.40. The van der Waals surface area contributed by atoms with Gasteiger partial charge in [-0.2, -0.15) is 0 Å². The van der Waals surface area contributed by atoms with Crippen molar-refractivity contribution in [3.05, 3.63) is 29.8 Å². The Labute approximate surface area is 125 Å². The molecule has 2 saturated heterocycles. The van der Waals surface area contributed by atoms with Crippen molar-refractivity contribution >= 4 is 15.7 Å². The van der Waals surface area contributed by atoms with Crippen LogP contribution < -0.4 is 5.32 Å². The third-order valence-corrected chi connectivity index (χ3v) is 5.61. The highest BCUT2D eigenvalue weighted by molar-refractivity contribution is 7.90. The van der Waals surface area contributed by atoms with Crippen molar-refractivity contribution in [3.8, 4) is 0 Å². The molecule has 3 rings (SSSR count). The zero-order valence-corrected chi connectivity index (χ0v) is 12.9. The van der Waals surface area contributed by atoms with E-state index < -0.39 is 9.84 Å². The van der Waals surface area contributed by atoms with Crippen molar-refractivity contribution in [2.24, 2.45) is 11.8 Å². The lowest BCUT2D eigenvalue weighted by Gasteiger charge is -2.34. The van der Waals surface area contributed by atoms with E-state index in [0.717, 1.165) is 38.9 Å². The molecule has 0 radical (unpaired) electrons. The first-order valence-electron chi connectivity index (χ1n) is 7.25. The second kappa shape index (κ2) is 5.42. The molecule has 0 spiro atoms. The van der Waals surface area contributed by atoms with Crippen LogP contribution in [0.25, 0.3) is 0 Å². The molecule has 2 unspecified atom stereocenters. The molecular weight excluding hydrogens is 288 g/mol. The summed E-state index contributed by atoms with van der Waals surface area (Å²) in [7, 11) is -3.28. The highest BCUT2D eigenvalue weighted by Gasteiger charge is 2.34. The fourth-order valence-electron chi connectivity index (χ4n) is 3.26. The van der Waals surface area contributed by atoms with Crippen LogP contribution in [0, 0.1) is 11.8 Å². The van der Waals surface area contributed by atoms with Gasteiger partial charge in [-0.1, -0.05) is 6.07 Å². The number of hydrogen-bond donors (Lipinski definition) is 1. The van der Waals surface area contributed by atoms with E-state index in [1.54, 1.807) is 12.1 Å². The van der Waals surface area contributed by atoms with Crippen LogP contribution >= 0.6 is 0 Å². The van der Waals surface area contributed by atoms with Gasteiger partial charge in [-0.3, -0.25) is 4.79 Å². The van der Waals surface area contributed by atoms with Crippen LogP contribution in [0.15, 0.2) is 29.2 Å². The fourth-order valence-corrected chi connectivity index (χ4v) is 3.93. The molecule has 0 aromatic heterocycles. The lowest BCUT2D eigenvalue weighted by Crippen LogP contribution is -2.43. The van der Waals surface area contributed by atoms with Gasteiger partial charge in [-0.15, -0.1) is 0 Å². The second-order valence-corrected chi connectivity index (χ2v) is 8.03. The number of piperidine rings is 1. The Kier molecular flexibility index (Phi) is 3.75. The standard InChI is InChI=1S/C15H20N2O3S/c1-21(19,20)14-4-2-3-11(7-14)15(18)17-6-5-12-8-16-9-13(12)10-17/h2-4,7,12-13,16H,5-6,8-10H2,1H3. The normalized spacial score (nSPS) is 25.7. The quantitative estimate of drug-likeness (QED) is 0.876. The summed E-state index contributed by atoms with van der Waals surface area (Å²) in [5.74, 6) is 1.14. The first-order valence-corrected chi connectivity index (χ1v) is 9.14. The Bertz CT molecular complexity index is 657. The lowest BCUT2D eigenvalue weighted by molar-refractivity contribution is 0.0642. The summed E-state index contributed by atoms with van der Waals surface area (Å²) < 4.78 is 23.2. The molecule has 21 heavy (non-hydrogen) atoms. The number of benzene rings is 1. The smallest absolute Gasteiger partial charge is 0.253 e. The molecule has 1 aromatic carbocycles. The van der Waals surface area contributed by atoms with Gasteiger partial charge in [0.15, 0.2) is 9.84 Å². The van der Waals surface area contributed by atoms with Crippen LogP contribution in [0.4, 0.5) is 0 Å². The Morgan fingerprint density at radius 1 is 1.29 bits per heavy atom. The minimum Gasteiger partial charge on any atom is -0.338 e. The zero-order valence-electron chi connectivity index (χ0n) is 12.1. The number of amides is 1. The lowest BCUT2D eigenvalue weighted by atomic mass is 9.88. The summed E-state index contributed by atoms with van der Waals surface area (Å²) in [4.78, 5) is 14.6. The molecule has 0 aliphatic carbocycles. The van der Waals surface area contributed by atoms with Crippen LogP contribution in [0.1, 0.15) is 16.8 Å². The molecule has 6 heteroatoms. The SMILES string of the molecule is CS(=O)(=O)c1cccc(C(=O)N2CCC3CNCC3C2)c1. The molecule has 1 N–H and O–H groups in total. The Balaban J connectivity index is 1.79. The van der Waals surface area contributed by atoms with E-state index in [1.165, 1.54) is 12.1 Å². The van der Waals surface area contributed by atoms with Crippen LogP contribution in [-0.4, -0.2) is 51.7 Å². The number of nitrogens with one attached hydrogen (secondary N) is 1. The largest absolute Gasteiger partial charge is 0.338 e. The Morgan fingerprint density at radius 2 is 2.05 bits per heavy atom. The summed E-state index contributed by atoms with van der Waals surface area (Å²) in [5.41, 5.74) is 0.460. The van der Waals surface area contributed by atoms with Crippen molar-refractivity contribution in [2.75, 3.05) is 32.4 Å². The number of carbonyl (C=O) groups excluding carboxylic acids is 1. The molecule has 0 bridgehead atoms. The van der Waals surface area contributed by atoms with E-state index in [2.05, 4.69) is 5.32 Å². The summed E-state index contributed by atoms with van der Waals surface area (Å²) >= 11 is 0. The minimum absolute atomic E-state index is 0.0640. The maximum Gasteiger partial charge on any atom is 0.253 e. The molecule has 114 valence electrons. The molecule has 1 aromatic rings. The summed E-state index contributed by atoms with van der Waals surface area (Å²) in [6.45, 7) is 3.54. The van der Waals surface area contributed by atoms with Crippen molar-refractivity contribution in [1.82, 2.24) is 10.2 Å². The minimum atomic E-state index is -3.28. The van der Waals surface area contributed by atoms with E-state index in [1.807, 2.05) is 4.90 Å². The van der Waals surface area contributed by atoms with Crippen LogP contribution in [-0.2, 0) is 9.84 Å². The van der Waals surface area contributed by atoms with Crippen LogP contribution in [0.5, 0.6) is 0 Å². The Morgan fingerprint density at radius 3 is 2.81 bits per heavy atom. The van der Waals surface area contributed by atoms with Gasteiger partial charge >= 0.3 is 0 Å². The maximum atomic E-state index is 12.6. The van der Waals surface area contributed by atoms with E-state index in [0.29, 0.717) is 17.4 Å². The van der Waals surface area contributed by atoms with Gasteiger partial charge in [0.2, 0.25) is 0 Å².